The van der Waals surface area contributed by atoms with Crippen molar-refractivity contribution < 1.29 is 9.53 Å². The number of ether oxygens (including phenoxy) is 1. The van der Waals surface area contributed by atoms with Gasteiger partial charge in [0.1, 0.15) is 0 Å². The third-order valence-corrected chi connectivity index (χ3v) is 4.57. The average molecular weight is 397 g/mol. The molecular weight excluding hydrogens is 379 g/mol. The minimum Gasteiger partial charge on any atom is -0.450 e. The van der Waals surface area contributed by atoms with Crippen LogP contribution in [0.1, 0.15) is 6.92 Å². The second-order valence-electron chi connectivity index (χ2n) is 5.57. The van der Waals surface area contributed by atoms with Crippen molar-refractivity contribution in [2.75, 3.05) is 43.0 Å². The maximum Gasteiger partial charge on any atom is 0.409 e. The molecule has 0 saturated carbocycles. The van der Waals surface area contributed by atoms with E-state index >= 15 is 0 Å². The number of nitrogens with one attached hydrogen (secondary N) is 1. The largest absolute Gasteiger partial charge is 0.450 e. The van der Waals surface area contributed by atoms with Crippen LogP contribution in [0.25, 0.3) is 0 Å². The lowest BCUT2D eigenvalue weighted by Crippen LogP contribution is -2.49. The molecule has 26 heavy (non-hydrogen) atoms. The van der Waals surface area contributed by atoms with Crippen LogP contribution < -0.4 is 10.2 Å². The van der Waals surface area contributed by atoms with E-state index in [1.165, 1.54) is 6.20 Å². The predicted octanol–water partition coefficient (Wildman–Crippen LogP) is 3.20. The molecule has 0 aliphatic carbocycles. The summed E-state index contributed by atoms with van der Waals surface area (Å²) in [6.07, 6.45) is 1.24. The minimum absolute atomic E-state index is 0.291. The molecule has 1 fully saturated rings. The maximum absolute atomic E-state index is 11.8. The normalized spacial score (nSPS) is 14.3. The maximum atomic E-state index is 11.8. The number of aromatic nitrogens is 3. The van der Waals surface area contributed by atoms with Gasteiger partial charge in [0.15, 0.2) is 5.82 Å². The van der Waals surface area contributed by atoms with Gasteiger partial charge < -0.3 is 19.9 Å². The van der Waals surface area contributed by atoms with Crippen molar-refractivity contribution in [2.45, 2.75) is 6.92 Å². The summed E-state index contributed by atoms with van der Waals surface area (Å²) in [6, 6.07) is 5.22. The Hall–Kier alpha value is -2.32. The van der Waals surface area contributed by atoms with E-state index in [1.54, 1.807) is 30.0 Å². The number of anilines is 3. The van der Waals surface area contributed by atoms with E-state index in [2.05, 4.69) is 20.5 Å². The molecule has 2 aromatic rings. The fourth-order valence-corrected chi connectivity index (χ4v) is 2.81. The molecule has 1 amide bonds. The number of benzene rings is 1. The lowest BCUT2D eigenvalue weighted by Gasteiger charge is -2.33. The van der Waals surface area contributed by atoms with Crippen LogP contribution in [-0.4, -0.2) is 59.0 Å². The molecular formula is C16H18Cl2N6O2. The molecule has 0 radical (unpaired) electrons. The number of carbonyl (C=O) groups is 1. The number of amides is 1. The minimum atomic E-state index is -0.291. The summed E-state index contributed by atoms with van der Waals surface area (Å²) in [5.41, 5.74) is 0.748. The van der Waals surface area contributed by atoms with Gasteiger partial charge in [-0.3, -0.25) is 0 Å². The first-order chi connectivity index (χ1) is 12.6. The van der Waals surface area contributed by atoms with Crippen molar-refractivity contribution in [3.05, 3.63) is 34.4 Å². The molecule has 138 valence electrons. The Bertz CT molecular complexity index is 783. The summed E-state index contributed by atoms with van der Waals surface area (Å²) in [6.45, 7) is 4.47. The highest BCUT2D eigenvalue weighted by Crippen LogP contribution is 2.26. The van der Waals surface area contributed by atoms with Crippen molar-refractivity contribution in [3.63, 3.8) is 0 Å². The van der Waals surface area contributed by atoms with Crippen LogP contribution in [0, 0.1) is 0 Å². The summed E-state index contributed by atoms with van der Waals surface area (Å²) in [7, 11) is 0. The van der Waals surface area contributed by atoms with Gasteiger partial charge in [0.2, 0.25) is 5.95 Å². The first-order valence-corrected chi connectivity index (χ1v) is 8.91. The van der Waals surface area contributed by atoms with Gasteiger partial charge in [0, 0.05) is 31.9 Å². The Morgan fingerprint density at radius 3 is 2.69 bits per heavy atom. The van der Waals surface area contributed by atoms with Crippen molar-refractivity contribution in [2.24, 2.45) is 0 Å². The predicted molar refractivity (Wildman–Crippen MR) is 100 cm³/mol. The molecule has 0 bridgehead atoms. The van der Waals surface area contributed by atoms with Crippen LogP contribution in [0.2, 0.25) is 10.0 Å². The van der Waals surface area contributed by atoms with E-state index in [1.807, 2.05) is 4.90 Å². The van der Waals surface area contributed by atoms with Crippen LogP contribution in [0.4, 0.5) is 22.2 Å². The Morgan fingerprint density at radius 2 is 2.00 bits per heavy atom. The van der Waals surface area contributed by atoms with Gasteiger partial charge in [-0.25, -0.2) is 4.79 Å². The fourth-order valence-electron chi connectivity index (χ4n) is 2.51. The number of nitrogens with zero attached hydrogens (tertiary/aromatic N) is 5. The van der Waals surface area contributed by atoms with Crippen LogP contribution in [0.3, 0.4) is 0 Å². The zero-order valence-electron chi connectivity index (χ0n) is 14.2. The quantitative estimate of drug-likeness (QED) is 0.848. The van der Waals surface area contributed by atoms with Crippen LogP contribution in [-0.2, 0) is 4.74 Å². The average Bonchev–Trinajstić information content (AvgIpc) is 2.65. The molecule has 0 unspecified atom stereocenters. The van der Waals surface area contributed by atoms with E-state index in [4.69, 9.17) is 27.9 Å². The number of halogens is 2. The van der Waals surface area contributed by atoms with Gasteiger partial charge in [0.05, 0.1) is 22.8 Å². The third-order valence-electron chi connectivity index (χ3n) is 3.83. The number of carbonyl (C=O) groups excluding carboxylic acids is 1. The molecule has 0 atom stereocenters. The second-order valence-corrected chi connectivity index (χ2v) is 6.38. The Labute approximate surface area is 161 Å². The monoisotopic (exact) mass is 396 g/mol. The highest BCUT2D eigenvalue weighted by Gasteiger charge is 2.23. The summed E-state index contributed by atoms with van der Waals surface area (Å²) in [5, 5.41) is 12.1. The van der Waals surface area contributed by atoms with E-state index in [9.17, 15) is 4.79 Å². The first kappa shape index (κ1) is 18.5. The van der Waals surface area contributed by atoms with Crippen molar-refractivity contribution in [1.29, 1.82) is 0 Å². The molecule has 1 aromatic carbocycles. The zero-order valence-corrected chi connectivity index (χ0v) is 15.7. The number of rotatable bonds is 4. The summed E-state index contributed by atoms with van der Waals surface area (Å²) >= 11 is 11.9. The molecule has 1 saturated heterocycles. The standard InChI is InChI=1S/C16H18Cl2N6O2/c1-2-26-16(25)24-7-5-23(6-8-24)15-21-14(10-19-22-15)20-11-3-4-12(17)13(18)9-11/h3-4,9-10H,2,5-8H2,1H3,(H,20,21,22). The first-order valence-electron chi connectivity index (χ1n) is 8.15. The summed E-state index contributed by atoms with van der Waals surface area (Å²) < 4.78 is 5.02. The topological polar surface area (TPSA) is 83.5 Å². The lowest BCUT2D eigenvalue weighted by molar-refractivity contribution is 0.105. The molecule has 1 aromatic heterocycles. The molecule has 3 rings (SSSR count). The smallest absolute Gasteiger partial charge is 0.409 e. The van der Waals surface area contributed by atoms with Crippen LogP contribution in [0.5, 0.6) is 0 Å². The third kappa shape index (κ3) is 4.44. The van der Waals surface area contributed by atoms with Crippen molar-refractivity contribution in [1.82, 2.24) is 20.1 Å². The van der Waals surface area contributed by atoms with Crippen LogP contribution >= 0.6 is 23.2 Å². The van der Waals surface area contributed by atoms with Gasteiger partial charge in [-0.1, -0.05) is 23.2 Å². The Morgan fingerprint density at radius 1 is 1.23 bits per heavy atom. The van der Waals surface area contributed by atoms with Gasteiger partial charge in [-0.15, -0.1) is 5.10 Å². The molecule has 1 aliphatic heterocycles. The van der Waals surface area contributed by atoms with Crippen molar-refractivity contribution >= 4 is 46.7 Å². The molecule has 0 spiro atoms. The van der Waals surface area contributed by atoms with Gasteiger partial charge >= 0.3 is 6.09 Å². The summed E-state index contributed by atoms with van der Waals surface area (Å²) in [5.74, 6) is 1.04. The van der Waals surface area contributed by atoms with Gasteiger partial charge in [-0.2, -0.15) is 10.1 Å². The molecule has 1 N–H and O–H groups in total. The number of hydrogen-bond donors (Lipinski definition) is 1. The van der Waals surface area contributed by atoms with Gasteiger partial charge in [0.25, 0.3) is 0 Å². The SMILES string of the molecule is CCOC(=O)N1CCN(c2nncc(Nc3ccc(Cl)c(Cl)c3)n2)CC1. The van der Waals surface area contributed by atoms with E-state index < -0.39 is 0 Å². The van der Waals surface area contributed by atoms with Crippen molar-refractivity contribution in [3.8, 4) is 0 Å². The summed E-state index contributed by atoms with van der Waals surface area (Å²) in [4.78, 5) is 19.9. The Balaban J connectivity index is 1.64. The second kappa shape index (κ2) is 8.37. The lowest BCUT2D eigenvalue weighted by atomic mass is 10.3. The Kier molecular flexibility index (Phi) is 5.95. The highest BCUT2D eigenvalue weighted by atomic mass is 35.5. The molecule has 1 aliphatic rings. The zero-order chi connectivity index (χ0) is 18.5. The van der Waals surface area contributed by atoms with E-state index in [0.29, 0.717) is 54.6 Å². The van der Waals surface area contributed by atoms with Gasteiger partial charge in [-0.05, 0) is 25.1 Å². The number of piperazine rings is 1. The highest BCUT2D eigenvalue weighted by molar-refractivity contribution is 6.42. The van der Waals surface area contributed by atoms with E-state index in [0.717, 1.165) is 5.69 Å². The van der Waals surface area contributed by atoms with E-state index in [-0.39, 0.29) is 6.09 Å². The molecule has 2 heterocycles. The fraction of sp³-hybridized carbons (Fsp3) is 0.375. The van der Waals surface area contributed by atoms with Crippen LogP contribution in [0.15, 0.2) is 24.4 Å². The molecule has 10 heteroatoms. The molecule has 8 nitrogen and oxygen atoms in total. The number of hydrogen-bond acceptors (Lipinski definition) is 7.